The molecule has 1 fully saturated rings. The number of morpholine rings is 1. The average molecular weight is 389 g/mol. The lowest BCUT2D eigenvalue weighted by molar-refractivity contribution is 0.0360. The van der Waals surface area contributed by atoms with Crippen molar-refractivity contribution in [1.29, 1.82) is 0 Å². The zero-order chi connectivity index (χ0) is 19.0. The van der Waals surface area contributed by atoms with Crippen LogP contribution in [-0.2, 0) is 18.3 Å². The molecule has 142 valence electrons. The Morgan fingerprint density at radius 3 is 2.78 bits per heavy atom. The van der Waals surface area contributed by atoms with E-state index < -0.39 is 5.97 Å². The fourth-order valence-corrected chi connectivity index (χ4v) is 3.76. The third-order valence-electron chi connectivity index (χ3n) is 5.04. The van der Waals surface area contributed by atoms with Crippen LogP contribution in [0.15, 0.2) is 30.6 Å². The highest BCUT2D eigenvalue weighted by Crippen LogP contribution is 2.33. The zero-order valence-electron chi connectivity index (χ0n) is 15.1. The number of benzene rings is 1. The van der Waals surface area contributed by atoms with Gasteiger partial charge in [0.2, 0.25) is 0 Å². The zero-order valence-corrected chi connectivity index (χ0v) is 15.8. The van der Waals surface area contributed by atoms with Crippen LogP contribution in [0.1, 0.15) is 10.5 Å². The predicted octanol–water partition coefficient (Wildman–Crippen LogP) is 2.73. The van der Waals surface area contributed by atoms with Gasteiger partial charge in [0.05, 0.1) is 26.0 Å². The molecule has 3 heterocycles. The summed E-state index contributed by atoms with van der Waals surface area (Å²) in [5.74, 6) is -0.956. The molecule has 0 unspecified atom stereocenters. The van der Waals surface area contributed by atoms with E-state index in [1.165, 1.54) is 0 Å². The molecule has 4 rings (SSSR count). The van der Waals surface area contributed by atoms with E-state index in [4.69, 9.17) is 16.3 Å². The SMILES string of the molecule is Cn1c(C(=O)O)cc2cc(Cl)c(-c3cnn(CCN4CCOCC4)c3)cc21. The van der Waals surface area contributed by atoms with Crippen LogP contribution in [0, 0.1) is 0 Å². The van der Waals surface area contributed by atoms with Crippen molar-refractivity contribution < 1.29 is 14.6 Å². The minimum Gasteiger partial charge on any atom is -0.477 e. The van der Waals surface area contributed by atoms with Crippen LogP contribution in [0.25, 0.3) is 22.0 Å². The second-order valence-corrected chi connectivity index (χ2v) is 7.14. The number of ether oxygens (including phenoxy) is 1. The molecule has 27 heavy (non-hydrogen) atoms. The van der Waals surface area contributed by atoms with Gasteiger partial charge < -0.3 is 14.4 Å². The molecule has 2 aromatic heterocycles. The Morgan fingerprint density at radius 1 is 1.26 bits per heavy atom. The molecule has 0 spiro atoms. The largest absolute Gasteiger partial charge is 0.477 e. The summed E-state index contributed by atoms with van der Waals surface area (Å²) in [6.07, 6.45) is 3.78. The number of aromatic nitrogens is 3. The van der Waals surface area contributed by atoms with Crippen LogP contribution in [-0.4, -0.2) is 63.2 Å². The number of aryl methyl sites for hydroxylation is 1. The molecule has 0 radical (unpaired) electrons. The first-order valence-corrected chi connectivity index (χ1v) is 9.26. The topological polar surface area (TPSA) is 72.5 Å². The normalized spacial score (nSPS) is 15.5. The molecule has 3 aromatic rings. The molecule has 1 aliphatic heterocycles. The number of aromatic carboxylic acids is 1. The molecule has 1 saturated heterocycles. The van der Waals surface area contributed by atoms with E-state index in [1.807, 2.05) is 23.0 Å². The highest BCUT2D eigenvalue weighted by Gasteiger charge is 2.16. The number of nitrogens with zero attached hydrogens (tertiary/aromatic N) is 4. The van der Waals surface area contributed by atoms with Gasteiger partial charge in [-0.1, -0.05) is 11.6 Å². The van der Waals surface area contributed by atoms with E-state index in [0.717, 1.165) is 61.4 Å². The fraction of sp³-hybridized carbons (Fsp3) is 0.368. The Labute approximate surface area is 161 Å². The Balaban J connectivity index is 1.58. The Bertz CT molecular complexity index is 988. The minimum atomic E-state index is -0.956. The molecule has 7 nitrogen and oxygen atoms in total. The van der Waals surface area contributed by atoms with Crippen molar-refractivity contribution >= 4 is 28.5 Å². The predicted molar refractivity (Wildman–Crippen MR) is 103 cm³/mol. The quantitative estimate of drug-likeness (QED) is 0.727. The molecule has 0 saturated carbocycles. The number of fused-ring (bicyclic) bond motifs is 1. The van der Waals surface area contributed by atoms with Crippen LogP contribution in [0.4, 0.5) is 0 Å². The molecular weight excluding hydrogens is 368 g/mol. The minimum absolute atomic E-state index is 0.236. The van der Waals surface area contributed by atoms with E-state index in [-0.39, 0.29) is 5.69 Å². The van der Waals surface area contributed by atoms with E-state index in [1.54, 1.807) is 23.9 Å². The van der Waals surface area contributed by atoms with Crippen LogP contribution < -0.4 is 0 Å². The summed E-state index contributed by atoms with van der Waals surface area (Å²) in [6, 6.07) is 5.37. The van der Waals surface area contributed by atoms with Crippen molar-refractivity contribution in [3.8, 4) is 11.1 Å². The number of halogens is 1. The first-order chi connectivity index (χ1) is 13.0. The third-order valence-corrected chi connectivity index (χ3v) is 5.36. The van der Waals surface area contributed by atoms with E-state index in [2.05, 4.69) is 10.00 Å². The number of carboxylic acids is 1. The van der Waals surface area contributed by atoms with Gasteiger partial charge in [-0.15, -0.1) is 0 Å². The summed E-state index contributed by atoms with van der Waals surface area (Å²) in [4.78, 5) is 13.7. The average Bonchev–Trinajstić information content (AvgIpc) is 3.25. The fourth-order valence-electron chi connectivity index (χ4n) is 3.48. The van der Waals surface area contributed by atoms with Gasteiger partial charge in [0.15, 0.2) is 0 Å². The molecular formula is C19H21ClN4O3. The maximum atomic E-state index is 11.4. The molecule has 0 amide bonds. The highest BCUT2D eigenvalue weighted by atomic mass is 35.5. The molecule has 0 bridgehead atoms. The third kappa shape index (κ3) is 3.58. The van der Waals surface area contributed by atoms with Gasteiger partial charge in [0.1, 0.15) is 5.69 Å². The van der Waals surface area contributed by atoms with Crippen LogP contribution in [0.2, 0.25) is 5.02 Å². The summed E-state index contributed by atoms with van der Waals surface area (Å²) in [7, 11) is 1.75. The lowest BCUT2D eigenvalue weighted by atomic mass is 10.1. The molecule has 1 aromatic carbocycles. The Hall–Kier alpha value is -2.35. The van der Waals surface area contributed by atoms with Gasteiger partial charge in [0.25, 0.3) is 0 Å². The summed E-state index contributed by atoms with van der Waals surface area (Å²) in [5.41, 5.74) is 2.83. The number of rotatable bonds is 5. The smallest absolute Gasteiger partial charge is 0.352 e. The second-order valence-electron chi connectivity index (χ2n) is 6.73. The maximum absolute atomic E-state index is 11.4. The lowest BCUT2D eigenvalue weighted by Crippen LogP contribution is -2.38. The summed E-state index contributed by atoms with van der Waals surface area (Å²) >= 11 is 6.47. The maximum Gasteiger partial charge on any atom is 0.352 e. The molecule has 0 aliphatic carbocycles. The van der Waals surface area contributed by atoms with Crippen molar-refractivity contribution in [2.45, 2.75) is 6.54 Å². The van der Waals surface area contributed by atoms with Gasteiger partial charge in [0, 0.05) is 59.9 Å². The molecule has 1 aliphatic rings. The summed E-state index contributed by atoms with van der Waals surface area (Å²) in [5, 5.41) is 15.2. The van der Waals surface area contributed by atoms with Gasteiger partial charge in [-0.25, -0.2) is 4.79 Å². The van der Waals surface area contributed by atoms with Crippen molar-refractivity contribution in [3.05, 3.63) is 41.3 Å². The summed E-state index contributed by atoms with van der Waals surface area (Å²) < 4.78 is 8.95. The second kappa shape index (κ2) is 7.34. The van der Waals surface area contributed by atoms with Crippen molar-refractivity contribution in [3.63, 3.8) is 0 Å². The van der Waals surface area contributed by atoms with Crippen molar-refractivity contribution in [1.82, 2.24) is 19.2 Å². The first-order valence-electron chi connectivity index (χ1n) is 8.88. The first kappa shape index (κ1) is 18.0. The van der Waals surface area contributed by atoms with Gasteiger partial charge in [-0.2, -0.15) is 5.10 Å². The van der Waals surface area contributed by atoms with E-state index in [0.29, 0.717) is 5.02 Å². The lowest BCUT2D eigenvalue weighted by Gasteiger charge is -2.26. The number of hydrogen-bond donors (Lipinski definition) is 1. The van der Waals surface area contributed by atoms with Gasteiger partial charge in [-0.3, -0.25) is 9.58 Å². The van der Waals surface area contributed by atoms with Gasteiger partial charge in [-0.05, 0) is 18.2 Å². The number of carbonyl (C=O) groups is 1. The Morgan fingerprint density at radius 2 is 2.04 bits per heavy atom. The van der Waals surface area contributed by atoms with Crippen LogP contribution in [0.5, 0.6) is 0 Å². The monoisotopic (exact) mass is 388 g/mol. The molecule has 1 N–H and O–H groups in total. The van der Waals surface area contributed by atoms with Gasteiger partial charge >= 0.3 is 5.97 Å². The number of hydrogen-bond acceptors (Lipinski definition) is 4. The standard InChI is InChI=1S/C19H21ClN4O3/c1-22-17-10-15(16(20)8-13(17)9-18(22)19(25)26)14-11-21-24(12-14)3-2-23-4-6-27-7-5-23/h8-12H,2-7H2,1H3,(H,25,26). The molecule has 8 heteroatoms. The molecule has 0 atom stereocenters. The van der Waals surface area contributed by atoms with E-state index in [9.17, 15) is 9.90 Å². The van der Waals surface area contributed by atoms with Crippen molar-refractivity contribution in [2.75, 3.05) is 32.8 Å². The highest BCUT2D eigenvalue weighted by molar-refractivity contribution is 6.34. The van der Waals surface area contributed by atoms with Crippen molar-refractivity contribution in [2.24, 2.45) is 7.05 Å². The van der Waals surface area contributed by atoms with Crippen LogP contribution in [0.3, 0.4) is 0 Å². The van der Waals surface area contributed by atoms with Crippen LogP contribution >= 0.6 is 11.6 Å². The van der Waals surface area contributed by atoms with E-state index >= 15 is 0 Å². The number of carboxylic acid groups (broad SMARTS) is 1. The Kier molecular flexibility index (Phi) is 4.90. The summed E-state index contributed by atoms with van der Waals surface area (Å²) in [6.45, 7) is 5.21.